The van der Waals surface area contributed by atoms with Crippen LogP contribution in [0.4, 0.5) is 0 Å². The molecule has 0 aliphatic rings. The molecule has 5 nitrogen and oxygen atoms in total. The van der Waals surface area contributed by atoms with E-state index < -0.39 is 0 Å². The van der Waals surface area contributed by atoms with Gasteiger partial charge in [0.05, 0.1) is 16.7 Å². The monoisotopic (exact) mass is 389 g/mol. The fourth-order valence-corrected chi connectivity index (χ4v) is 4.42. The highest BCUT2D eigenvalue weighted by Crippen LogP contribution is 2.33. The molecule has 0 bridgehead atoms. The number of para-hydroxylation sites is 2. The normalized spacial score (nSPS) is 11.7. The van der Waals surface area contributed by atoms with E-state index >= 15 is 0 Å². The first kappa shape index (κ1) is 16.9. The smallest absolute Gasteiger partial charge is 0.178 e. The lowest BCUT2D eigenvalue weighted by atomic mass is 10.00. The molecule has 4 heterocycles. The van der Waals surface area contributed by atoms with E-state index in [2.05, 4.69) is 98.4 Å². The molecule has 6 aromatic rings. The first-order chi connectivity index (χ1) is 14.7. The summed E-state index contributed by atoms with van der Waals surface area (Å²) in [5.41, 5.74) is 10.8. The Kier molecular flexibility index (Phi) is 3.53. The van der Waals surface area contributed by atoms with Crippen LogP contribution in [-0.2, 0) is 0 Å². The summed E-state index contributed by atoms with van der Waals surface area (Å²) in [5, 5.41) is 0. The van der Waals surface area contributed by atoms with Crippen molar-refractivity contribution in [2.24, 2.45) is 0 Å². The number of nitrogens with zero attached hydrogens (tertiary/aromatic N) is 5. The average Bonchev–Trinajstić information content (AvgIpc) is 3.31. The van der Waals surface area contributed by atoms with Gasteiger partial charge < -0.3 is 0 Å². The van der Waals surface area contributed by atoms with Crippen LogP contribution < -0.4 is 0 Å². The van der Waals surface area contributed by atoms with Gasteiger partial charge in [-0.15, -0.1) is 0 Å². The second-order valence-electron chi connectivity index (χ2n) is 7.57. The molecule has 0 amide bonds. The molecule has 144 valence electrons. The van der Waals surface area contributed by atoms with Crippen LogP contribution in [0.2, 0.25) is 0 Å². The van der Waals surface area contributed by atoms with E-state index in [0.717, 1.165) is 28.0 Å². The van der Waals surface area contributed by atoms with Gasteiger partial charge in [0.25, 0.3) is 0 Å². The van der Waals surface area contributed by atoms with Gasteiger partial charge in [0.15, 0.2) is 5.65 Å². The summed E-state index contributed by atoms with van der Waals surface area (Å²) in [5.74, 6) is 0. The lowest BCUT2D eigenvalue weighted by Crippen LogP contribution is -1.99. The van der Waals surface area contributed by atoms with Crippen LogP contribution in [0.1, 0.15) is 11.3 Å². The second-order valence-corrected chi connectivity index (χ2v) is 7.57. The van der Waals surface area contributed by atoms with Crippen molar-refractivity contribution in [1.29, 1.82) is 0 Å². The molecule has 30 heavy (non-hydrogen) atoms. The number of rotatable bonds is 2. The number of benzene rings is 2. The van der Waals surface area contributed by atoms with Crippen LogP contribution in [0, 0.1) is 13.8 Å². The standard InChI is InChI=1S/C25H19N5/c1-16-10-11-24-29(16)22-7-3-4-8-23(22)30(24)21-9-5-6-19(17(21)2)18-14-20-25(28-15-18)27-13-12-26-20/h3-15H,1-2H3. The van der Waals surface area contributed by atoms with Crippen molar-refractivity contribution in [3.8, 4) is 16.8 Å². The summed E-state index contributed by atoms with van der Waals surface area (Å²) in [6.45, 7) is 4.32. The maximum absolute atomic E-state index is 4.51. The Morgan fingerprint density at radius 3 is 2.50 bits per heavy atom. The molecule has 0 fully saturated rings. The van der Waals surface area contributed by atoms with E-state index in [-0.39, 0.29) is 0 Å². The molecule has 0 aliphatic carbocycles. The van der Waals surface area contributed by atoms with E-state index in [1.165, 1.54) is 22.3 Å². The van der Waals surface area contributed by atoms with E-state index in [0.29, 0.717) is 5.65 Å². The fourth-order valence-electron chi connectivity index (χ4n) is 4.42. The molecule has 0 spiro atoms. The van der Waals surface area contributed by atoms with Crippen LogP contribution in [0.3, 0.4) is 0 Å². The molecule has 0 unspecified atom stereocenters. The molecule has 0 N–H and O–H groups in total. The Bertz CT molecular complexity index is 1570. The topological polar surface area (TPSA) is 48.0 Å². The zero-order chi connectivity index (χ0) is 20.2. The highest BCUT2D eigenvalue weighted by molar-refractivity contribution is 5.87. The van der Waals surface area contributed by atoms with Crippen molar-refractivity contribution in [2.75, 3.05) is 0 Å². The average molecular weight is 389 g/mol. The molecular weight excluding hydrogens is 370 g/mol. The van der Waals surface area contributed by atoms with Gasteiger partial charge in [0.2, 0.25) is 0 Å². The lowest BCUT2D eigenvalue weighted by Gasteiger charge is -2.14. The summed E-state index contributed by atoms with van der Waals surface area (Å²) < 4.78 is 4.66. The Hall–Kier alpha value is -3.99. The number of hydrogen-bond acceptors (Lipinski definition) is 3. The number of imidazole rings is 1. The fraction of sp³-hybridized carbons (Fsp3) is 0.0800. The summed E-state index contributed by atoms with van der Waals surface area (Å²) in [6, 6.07) is 21.4. The molecule has 0 saturated carbocycles. The van der Waals surface area contributed by atoms with Crippen LogP contribution >= 0.6 is 0 Å². The molecule has 6 rings (SSSR count). The van der Waals surface area contributed by atoms with Crippen molar-refractivity contribution in [2.45, 2.75) is 13.8 Å². The van der Waals surface area contributed by atoms with Crippen molar-refractivity contribution in [1.82, 2.24) is 23.9 Å². The third-order valence-corrected chi connectivity index (χ3v) is 5.83. The largest absolute Gasteiger partial charge is 0.298 e. The minimum absolute atomic E-state index is 0.664. The predicted molar refractivity (Wildman–Crippen MR) is 120 cm³/mol. The molecule has 4 aromatic heterocycles. The van der Waals surface area contributed by atoms with Crippen LogP contribution in [0.25, 0.3) is 44.7 Å². The third-order valence-electron chi connectivity index (χ3n) is 5.83. The van der Waals surface area contributed by atoms with Gasteiger partial charge in [-0.05, 0) is 61.4 Å². The van der Waals surface area contributed by atoms with Gasteiger partial charge >= 0.3 is 0 Å². The van der Waals surface area contributed by atoms with Gasteiger partial charge in [-0.3, -0.25) is 14.0 Å². The zero-order valence-corrected chi connectivity index (χ0v) is 16.7. The highest BCUT2D eigenvalue weighted by atomic mass is 15.1. The Morgan fingerprint density at radius 1 is 0.767 bits per heavy atom. The van der Waals surface area contributed by atoms with Crippen molar-refractivity contribution in [3.05, 3.63) is 90.5 Å². The molecule has 5 heteroatoms. The Morgan fingerprint density at radius 2 is 1.60 bits per heavy atom. The summed E-state index contributed by atoms with van der Waals surface area (Å²) in [7, 11) is 0. The van der Waals surface area contributed by atoms with Crippen molar-refractivity contribution >= 4 is 27.8 Å². The predicted octanol–water partition coefficient (Wildman–Crippen LogP) is 5.51. The van der Waals surface area contributed by atoms with Crippen LogP contribution in [0.5, 0.6) is 0 Å². The van der Waals surface area contributed by atoms with E-state index in [4.69, 9.17) is 0 Å². The first-order valence-electron chi connectivity index (χ1n) is 9.97. The van der Waals surface area contributed by atoms with E-state index in [1.54, 1.807) is 12.4 Å². The number of hydrogen-bond donors (Lipinski definition) is 0. The number of pyridine rings is 1. The van der Waals surface area contributed by atoms with Gasteiger partial charge in [-0.1, -0.05) is 24.3 Å². The molecule has 0 aliphatic heterocycles. The molecule has 0 saturated heterocycles. The lowest BCUT2D eigenvalue weighted by molar-refractivity contribution is 1.10. The van der Waals surface area contributed by atoms with Gasteiger partial charge in [-0.25, -0.2) is 9.97 Å². The molecule has 0 atom stereocenters. The first-order valence-corrected chi connectivity index (χ1v) is 9.97. The second kappa shape index (κ2) is 6.26. The maximum Gasteiger partial charge on any atom is 0.178 e. The molecular formula is C25H19N5. The quantitative estimate of drug-likeness (QED) is 0.393. The Labute approximate surface area is 173 Å². The van der Waals surface area contributed by atoms with Crippen molar-refractivity contribution in [3.63, 3.8) is 0 Å². The number of aromatic nitrogens is 5. The minimum Gasteiger partial charge on any atom is -0.298 e. The van der Waals surface area contributed by atoms with Crippen LogP contribution in [0.15, 0.2) is 79.3 Å². The minimum atomic E-state index is 0.664. The van der Waals surface area contributed by atoms with Crippen LogP contribution in [-0.4, -0.2) is 23.9 Å². The number of fused-ring (bicyclic) bond motifs is 4. The zero-order valence-electron chi connectivity index (χ0n) is 16.7. The third kappa shape index (κ3) is 2.32. The summed E-state index contributed by atoms with van der Waals surface area (Å²) in [6.07, 6.45) is 5.26. The SMILES string of the molecule is Cc1c(-c2cnc3nccnc3c2)cccc1-n1c2ccccc2n2c(C)ccc12. The highest BCUT2D eigenvalue weighted by Gasteiger charge is 2.16. The number of aryl methyl sites for hydroxylation is 1. The molecule has 0 radical (unpaired) electrons. The molecule has 2 aromatic carbocycles. The summed E-state index contributed by atoms with van der Waals surface area (Å²) in [4.78, 5) is 13.2. The van der Waals surface area contributed by atoms with E-state index in [1.807, 2.05) is 6.20 Å². The van der Waals surface area contributed by atoms with Gasteiger partial charge in [0, 0.05) is 29.8 Å². The summed E-state index contributed by atoms with van der Waals surface area (Å²) >= 11 is 0. The van der Waals surface area contributed by atoms with Crippen molar-refractivity contribution < 1.29 is 0 Å². The maximum atomic E-state index is 4.51. The van der Waals surface area contributed by atoms with Gasteiger partial charge in [-0.2, -0.15) is 0 Å². The Balaban J connectivity index is 1.63. The van der Waals surface area contributed by atoms with Gasteiger partial charge in [0.1, 0.15) is 11.2 Å². The van der Waals surface area contributed by atoms with E-state index in [9.17, 15) is 0 Å².